The van der Waals surface area contributed by atoms with Gasteiger partial charge in [-0.3, -0.25) is 9.69 Å². The zero-order valence-electron chi connectivity index (χ0n) is 18.4. The Hall–Kier alpha value is -2.18. The third-order valence-corrected chi connectivity index (χ3v) is 5.50. The first-order chi connectivity index (χ1) is 13.9. The maximum Gasteiger partial charge on any atom is 0.254 e. The summed E-state index contributed by atoms with van der Waals surface area (Å²) in [6.07, 6.45) is 0.928. The molecule has 1 saturated heterocycles. The summed E-state index contributed by atoms with van der Waals surface area (Å²) in [6.45, 7) is 13.9. The number of likely N-dealkylation sites (N-methyl/N-ethyl adjacent to an activating group) is 1. The van der Waals surface area contributed by atoms with E-state index in [1.165, 1.54) is 5.56 Å². The number of aromatic amines is 1. The number of nitrogens with one attached hydrogen (secondary N) is 1. The molecule has 0 spiro atoms. The Balaban J connectivity index is 1.97. The fourth-order valence-corrected chi connectivity index (χ4v) is 3.70. The number of nitrogens with zero attached hydrogens (tertiary/aromatic N) is 3. The van der Waals surface area contributed by atoms with Gasteiger partial charge in [-0.05, 0) is 44.0 Å². The molecule has 1 aromatic heterocycles. The number of hydrogen-bond acceptors (Lipinski definition) is 5. The first-order valence-electron chi connectivity index (χ1n) is 10.7. The van der Waals surface area contributed by atoms with E-state index in [1.54, 1.807) is 0 Å². The molecule has 0 radical (unpaired) electrons. The molecule has 1 N–H and O–H groups in total. The zero-order valence-corrected chi connectivity index (χ0v) is 18.4. The average Bonchev–Trinajstić information content (AvgIpc) is 2.70. The molecule has 0 saturated carbocycles. The minimum Gasteiger partial charge on any atom is -0.493 e. The van der Waals surface area contributed by atoms with Gasteiger partial charge in [0.1, 0.15) is 11.6 Å². The smallest absolute Gasteiger partial charge is 0.254 e. The molecule has 0 aliphatic carbocycles. The van der Waals surface area contributed by atoms with E-state index in [-0.39, 0.29) is 11.5 Å². The van der Waals surface area contributed by atoms with Crippen LogP contribution in [0.15, 0.2) is 23.0 Å². The number of hydrogen-bond donors (Lipinski definition) is 1. The molecule has 29 heavy (non-hydrogen) atoms. The number of aromatic nitrogens is 2. The molecule has 0 atom stereocenters. The van der Waals surface area contributed by atoms with Crippen LogP contribution >= 0.6 is 0 Å². The molecule has 2 heterocycles. The zero-order chi connectivity index (χ0) is 21.0. The lowest BCUT2D eigenvalue weighted by Gasteiger charge is -2.32. The highest BCUT2D eigenvalue weighted by atomic mass is 16.5. The fourth-order valence-electron chi connectivity index (χ4n) is 3.70. The minimum atomic E-state index is -0.0791. The third kappa shape index (κ3) is 5.25. The van der Waals surface area contributed by atoms with Crippen molar-refractivity contribution in [3.05, 3.63) is 45.4 Å². The quantitative estimate of drug-likeness (QED) is 0.774. The van der Waals surface area contributed by atoms with E-state index in [0.29, 0.717) is 18.0 Å². The second-order valence-electron chi connectivity index (χ2n) is 8.34. The average molecular weight is 399 g/mol. The summed E-state index contributed by atoms with van der Waals surface area (Å²) in [4.78, 5) is 25.2. The van der Waals surface area contributed by atoms with Gasteiger partial charge in [-0.1, -0.05) is 26.8 Å². The summed E-state index contributed by atoms with van der Waals surface area (Å²) < 4.78 is 5.99. The normalized spacial score (nSPS) is 15.8. The molecule has 6 heteroatoms. The van der Waals surface area contributed by atoms with Gasteiger partial charge in [-0.25, -0.2) is 4.98 Å². The van der Waals surface area contributed by atoms with Crippen molar-refractivity contribution in [2.24, 2.45) is 0 Å². The molecule has 1 aliphatic heterocycles. The van der Waals surface area contributed by atoms with E-state index in [9.17, 15) is 4.79 Å². The van der Waals surface area contributed by atoms with Crippen molar-refractivity contribution in [2.75, 3.05) is 39.8 Å². The molecule has 2 aromatic rings. The predicted molar refractivity (Wildman–Crippen MR) is 118 cm³/mol. The lowest BCUT2D eigenvalue weighted by molar-refractivity contribution is 0.148. The van der Waals surface area contributed by atoms with Gasteiger partial charge < -0.3 is 14.6 Å². The van der Waals surface area contributed by atoms with Crippen LogP contribution < -0.4 is 10.3 Å². The Kier molecular flexibility index (Phi) is 7.09. The van der Waals surface area contributed by atoms with Gasteiger partial charge in [0.25, 0.3) is 5.56 Å². The molecule has 1 aliphatic rings. The Labute approximate surface area is 173 Å². The van der Waals surface area contributed by atoms with Gasteiger partial charge in [0, 0.05) is 38.3 Å². The van der Waals surface area contributed by atoms with Crippen molar-refractivity contribution in [2.45, 2.75) is 46.6 Å². The van der Waals surface area contributed by atoms with Crippen molar-refractivity contribution in [3.8, 4) is 17.1 Å². The maximum atomic E-state index is 12.5. The van der Waals surface area contributed by atoms with Gasteiger partial charge in [-0.2, -0.15) is 0 Å². The molecule has 158 valence electrons. The van der Waals surface area contributed by atoms with E-state index in [0.717, 1.165) is 56.2 Å². The fraction of sp³-hybridized carbons (Fsp3) is 0.565. The number of piperazine rings is 1. The topological polar surface area (TPSA) is 61.5 Å². The summed E-state index contributed by atoms with van der Waals surface area (Å²) in [5.41, 5.74) is 3.53. The van der Waals surface area contributed by atoms with E-state index < -0.39 is 0 Å². The van der Waals surface area contributed by atoms with Crippen LogP contribution in [-0.4, -0.2) is 59.6 Å². The number of ether oxygens (including phenoxy) is 1. The number of rotatable bonds is 7. The lowest BCUT2D eigenvalue weighted by atomic mass is 10.0. The van der Waals surface area contributed by atoms with Crippen molar-refractivity contribution in [1.29, 1.82) is 0 Å². The summed E-state index contributed by atoms with van der Waals surface area (Å²) >= 11 is 0. The summed E-state index contributed by atoms with van der Waals surface area (Å²) in [7, 11) is 2.17. The lowest BCUT2D eigenvalue weighted by Crippen LogP contribution is -2.43. The first kappa shape index (κ1) is 21.5. The van der Waals surface area contributed by atoms with E-state index >= 15 is 0 Å². The van der Waals surface area contributed by atoms with E-state index in [1.807, 2.05) is 13.0 Å². The minimum absolute atomic E-state index is 0.0791. The molecule has 3 rings (SSSR count). The van der Waals surface area contributed by atoms with Crippen molar-refractivity contribution < 1.29 is 4.74 Å². The van der Waals surface area contributed by atoms with Crippen LogP contribution in [0.4, 0.5) is 0 Å². The maximum absolute atomic E-state index is 12.5. The van der Waals surface area contributed by atoms with Crippen LogP contribution in [0.3, 0.4) is 0 Å². The SMILES string of the molecule is CCCOc1ccc(CN2CCN(C)CC2)cc1-c1nc(C(C)C)c(C)c(=O)[nH]1. The Morgan fingerprint density at radius 2 is 1.93 bits per heavy atom. The van der Waals surface area contributed by atoms with Crippen LogP contribution in [0.25, 0.3) is 11.4 Å². The van der Waals surface area contributed by atoms with Gasteiger partial charge in [0.2, 0.25) is 0 Å². The second-order valence-corrected chi connectivity index (χ2v) is 8.34. The molecule has 0 unspecified atom stereocenters. The third-order valence-electron chi connectivity index (χ3n) is 5.50. The Bertz CT molecular complexity index is 883. The summed E-state index contributed by atoms with van der Waals surface area (Å²) in [6, 6.07) is 6.27. The van der Waals surface area contributed by atoms with Crippen molar-refractivity contribution >= 4 is 0 Å². The highest BCUT2D eigenvalue weighted by molar-refractivity contribution is 5.65. The Morgan fingerprint density at radius 1 is 1.21 bits per heavy atom. The molecule has 6 nitrogen and oxygen atoms in total. The monoisotopic (exact) mass is 398 g/mol. The number of H-pyrrole nitrogens is 1. The van der Waals surface area contributed by atoms with E-state index in [2.05, 4.69) is 54.7 Å². The summed E-state index contributed by atoms with van der Waals surface area (Å²) in [5, 5.41) is 0. The van der Waals surface area contributed by atoms with Crippen molar-refractivity contribution in [1.82, 2.24) is 19.8 Å². The van der Waals surface area contributed by atoms with Crippen LogP contribution in [0, 0.1) is 6.92 Å². The number of benzene rings is 1. The van der Waals surface area contributed by atoms with Gasteiger partial charge in [0.05, 0.1) is 17.9 Å². The van der Waals surface area contributed by atoms with Gasteiger partial charge in [-0.15, -0.1) is 0 Å². The van der Waals surface area contributed by atoms with Gasteiger partial charge in [0.15, 0.2) is 0 Å². The predicted octanol–water partition coefficient (Wildman–Crippen LogP) is 3.40. The molecule has 1 aromatic carbocycles. The molecule has 0 amide bonds. The van der Waals surface area contributed by atoms with Crippen LogP contribution in [0.1, 0.15) is 49.9 Å². The second kappa shape index (κ2) is 9.55. The Morgan fingerprint density at radius 3 is 2.59 bits per heavy atom. The molecular formula is C23H34N4O2. The van der Waals surface area contributed by atoms with E-state index in [4.69, 9.17) is 9.72 Å². The standard InChI is InChI=1S/C23H34N4O2/c1-6-13-29-20-8-7-18(15-27-11-9-26(5)10-12-27)14-19(20)22-24-21(16(2)3)17(4)23(28)25-22/h7-8,14,16H,6,9-13,15H2,1-5H3,(H,24,25,28). The molecule has 0 bridgehead atoms. The van der Waals surface area contributed by atoms with Gasteiger partial charge >= 0.3 is 0 Å². The van der Waals surface area contributed by atoms with Crippen LogP contribution in [0.2, 0.25) is 0 Å². The highest BCUT2D eigenvalue weighted by Crippen LogP contribution is 2.30. The van der Waals surface area contributed by atoms with Crippen LogP contribution in [0.5, 0.6) is 5.75 Å². The molecule has 1 fully saturated rings. The highest BCUT2D eigenvalue weighted by Gasteiger charge is 2.18. The van der Waals surface area contributed by atoms with Crippen molar-refractivity contribution in [3.63, 3.8) is 0 Å². The first-order valence-corrected chi connectivity index (χ1v) is 10.7. The summed E-state index contributed by atoms with van der Waals surface area (Å²) in [5.74, 6) is 1.55. The largest absolute Gasteiger partial charge is 0.493 e. The van der Waals surface area contributed by atoms with Crippen LogP contribution in [-0.2, 0) is 6.54 Å². The molecular weight excluding hydrogens is 364 g/mol.